The molecule has 0 unspecified atom stereocenters. The van der Waals surface area contributed by atoms with Crippen molar-refractivity contribution in [1.82, 2.24) is 0 Å². The van der Waals surface area contributed by atoms with E-state index in [2.05, 4.69) is 0 Å². The van der Waals surface area contributed by atoms with Gasteiger partial charge in [0, 0.05) is 18.6 Å². The second kappa shape index (κ2) is 5.42. The summed E-state index contributed by atoms with van der Waals surface area (Å²) in [5.74, 6) is 0. The molecule has 1 heterocycles. The van der Waals surface area contributed by atoms with Gasteiger partial charge in [-0.15, -0.1) is 0 Å². The molecule has 1 aromatic rings. The first-order chi connectivity index (χ1) is 8.53. The zero-order chi connectivity index (χ0) is 14.9. The highest BCUT2D eigenvalue weighted by Gasteiger charge is 2.62. The fraction of sp³-hybridized carbons (Fsp3) is 0.444. The molecular weight excluding hydrogens is 296 g/mol. The van der Waals surface area contributed by atoms with E-state index in [-0.39, 0.29) is 0 Å². The summed E-state index contributed by atoms with van der Waals surface area (Å²) in [5, 5.41) is 6.38. The third kappa shape index (κ3) is 3.30. The van der Waals surface area contributed by atoms with Crippen LogP contribution in [0.25, 0.3) is 0 Å². The lowest BCUT2D eigenvalue weighted by atomic mass is 10.3. The number of rotatable bonds is 5. The Labute approximate surface area is 109 Å². The van der Waals surface area contributed by atoms with Crippen LogP contribution in [-0.4, -0.2) is 29.8 Å². The van der Waals surface area contributed by atoms with E-state index in [0.29, 0.717) is 12.1 Å². The monoisotopic (exact) mass is 312 g/mol. The van der Waals surface area contributed by atoms with Gasteiger partial charge in [-0.3, -0.25) is 9.13 Å². The highest BCUT2D eigenvalue weighted by Crippen LogP contribution is 2.67. The van der Waals surface area contributed by atoms with Crippen LogP contribution in [0.1, 0.15) is 12.6 Å². The number of hydrogen-bond donors (Lipinski definition) is 5. The van der Waals surface area contributed by atoms with Crippen molar-refractivity contribution in [3.8, 4) is 0 Å². The lowest BCUT2D eigenvalue weighted by molar-refractivity contribution is -0.710. The summed E-state index contributed by atoms with van der Waals surface area (Å²) in [6.07, 6.45) is 1.86. The van der Waals surface area contributed by atoms with E-state index in [1.54, 1.807) is 19.1 Å². The third-order valence-electron chi connectivity index (χ3n) is 2.71. The molecule has 108 valence electrons. The van der Waals surface area contributed by atoms with Gasteiger partial charge in [-0.2, -0.15) is 4.57 Å². The predicted molar refractivity (Wildman–Crippen MR) is 65.1 cm³/mol. The van der Waals surface area contributed by atoms with Crippen molar-refractivity contribution in [2.75, 3.05) is 0 Å². The van der Waals surface area contributed by atoms with Gasteiger partial charge in [0.2, 0.25) is 6.54 Å². The van der Waals surface area contributed by atoms with E-state index < -0.39 is 26.8 Å². The Bertz CT molecular complexity index is 527. The Balaban J connectivity index is 3.32. The average molecular weight is 312 g/mol. The molecular formula is C9H16NO7P2+. The van der Waals surface area contributed by atoms with Crippen molar-refractivity contribution < 1.29 is 38.4 Å². The molecule has 0 aliphatic rings. The van der Waals surface area contributed by atoms with Gasteiger partial charge < -0.3 is 24.7 Å². The molecule has 0 spiro atoms. The molecule has 19 heavy (non-hydrogen) atoms. The Kier molecular flexibility index (Phi) is 4.70. The summed E-state index contributed by atoms with van der Waals surface area (Å²) >= 11 is 0. The Morgan fingerprint density at radius 1 is 1.16 bits per heavy atom. The lowest BCUT2D eigenvalue weighted by Crippen LogP contribution is -2.49. The highest BCUT2D eigenvalue weighted by atomic mass is 31.2. The molecule has 0 amide bonds. The minimum absolute atomic E-state index is 0.471. The first kappa shape index (κ1) is 16.5. The van der Waals surface area contributed by atoms with Crippen LogP contribution in [0.4, 0.5) is 0 Å². The maximum Gasteiger partial charge on any atom is 0.376 e. The van der Waals surface area contributed by atoms with Crippen LogP contribution in [0.5, 0.6) is 0 Å². The van der Waals surface area contributed by atoms with Crippen molar-refractivity contribution in [3.05, 3.63) is 30.1 Å². The van der Waals surface area contributed by atoms with Crippen LogP contribution >= 0.6 is 15.2 Å². The van der Waals surface area contributed by atoms with Gasteiger partial charge in [0.1, 0.15) is 0 Å². The van der Waals surface area contributed by atoms with E-state index in [1.165, 1.54) is 16.8 Å². The second-order valence-corrected chi connectivity index (χ2v) is 8.04. The zero-order valence-corrected chi connectivity index (χ0v) is 11.9. The number of aryl methyl sites for hydroxylation is 1. The molecule has 0 bridgehead atoms. The van der Waals surface area contributed by atoms with Crippen LogP contribution in [0, 0.1) is 0 Å². The topological polar surface area (TPSA) is 139 Å². The van der Waals surface area contributed by atoms with Gasteiger partial charge in [0.05, 0.1) is 0 Å². The van der Waals surface area contributed by atoms with Crippen molar-refractivity contribution >= 4 is 15.2 Å². The van der Waals surface area contributed by atoms with E-state index in [0.717, 1.165) is 0 Å². The number of aliphatic hydroxyl groups is 1. The van der Waals surface area contributed by atoms with E-state index in [9.17, 15) is 14.2 Å². The Morgan fingerprint density at radius 3 is 2.11 bits per heavy atom. The summed E-state index contributed by atoms with van der Waals surface area (Å²) in [5.41, 5.74) is 0.572. The fourth-order valence-electron chi connectivity index (χ4n) is 1.57. The van der Waals surface area contributed by atoms with Crippen molar-refractivity contribution in [2.45, 2.75) is 25.0 Å². The van der Waals surface area contributed by atoms with Crippen molar-refractivity contribution in [2.24, 2.45) is 0 Å². The number of aromatic nitrogens is 1. The van der Waals surface area contributed by atoms with Crippen molar-refractivity contribution in [1.29, 1.82) is 0 Å². The molecule has 0 fully saturated rings. The average Bonchev–Trinajstić information content (AvgIpc) is 2.26. The van der Waals surface area contributed by atoms with Crippen molar-refractivity contribution in [3.63, 3.8) is 0 Å². The summed E-state index contributed by atoms with van der Waals surface area (Å²) < 4.78 is 23.7. The molecule has 0 saturated heterocycles. The SMILES string of the molecule is CCc1cccc[n+]1CC(O)(P(=O)(O)O)P(=O)(O)O. The zero-order valence-electron chi connectivity index (χ0n) is 10.1. The molecule has 8 nitrogen and oxygen atoms in total. The quantitative estimate of drug-likeness (QED) is 0.366. The number of pyridine rings is 1. The van der Waals surface area contributed by atoms with Gasteiger partial charge in [-0.1, -0.05) is 13.0 Å². The molecule has 10 heteroatoms. The second-order valence-electron chi connectivity index (χ2n) is 4.04. The van der Waals surface area contributed by atoms with Gasteiger partial charge in [-0.05, 0) is 0 Å². The molecule has 0 aliphatic heterocycles. The van der Waals surface area contributed by atoms with E-state index >= 15 is 0 Å². The first-order valence-electron chi connectivity index (χ1n) is 5.34. The van der Waals surface area contributed by atoms with Gasteiger partial charge in [0.15, 0.2) is 11.9 Å². The normalized spacial score (nSPS) is 13.6. The smallest absolute Gasteiger partial charge is 0.363 e. The van der Waals surface area contributed by atoms with E-state index in [1.807, 2.05) is 0 Å². The van der Waals surface area contributed by atoms with Crippen LogP contribution in [0.3, 0.4) is 0 Å². The molecule has 0 aromatic carbocycles. The fourth-order valence-corrected chi connectivity index (χ4v) is 3.60. The van der Waals surface area contributed by atoms with Crippen LogP contribution in [0.2, 0.25) is 0 Å². The molecule has 0 aliphatic carbocycles. The van der Waals surface area contributed by atoms with Gasteiger partial charge in [0.25, 0.3) is 0 Å². The molecule has 0 radical (unpaired) electrons. The summed E-state index contributed by atoms with van der Waals surface area (Å²) in [7, 11) is -10.9. The summed E-state index contributed by atoms with van der Waals surface area (Å²) in [6, 6.07) is 4.82. The highest BCUT2D eigenvalue weighted by molar-refractivity contribution is 7.72. The third-order valence-corrected chi connectivity index (χ3v) is 6.42. The lowest BCUT2D eigenvalue weighted by Gasteiger charge is -2.26. The van der Waals surface area contributed by atoms with Gasteiger partial charge in [-0.25, -0.2) is 0 Å². The Hall–Kier alpha value is -0.590. The van der Waals surface area contributed by atoms with Crippen LogP contribution in [-0.2, 0) is 22.1 Å². The maximum atomic E-state index is 11.2. The number of hydrogen-bond acceptors (Lipinski definition) is 3. The largest absolute Gasteiger partial charge is 0.376 e. The molecule has 1 rings (SSSR count). The molecule has 5 N–H and O–H groups in total. The Morgan fingerprint density at radius 2 is 1.68 bits per heavy atom. The predicted octanol–water partition coefficient (Wildman–Crippen LogP) is -0.462. The number of nitrogens with zero attached hydrogens (tertiary/aromatic N) is 1. The van der Waals surface area contributed by atoms with E-state index in [4.69, 9.17) is 19.6 Å². The molecule has 1 aromatic heterocycles. The van der Waals surface area contributed by atoms with Gasteiger partial charge >= 0.3 is 20.3 Å². The minimum Gasteiger partial charge on any atom is -0.363 e. The minimum atomic E-state index is -5.43. The summed E-state index contributed by atoms with van der Waals surface area (Å²) in [4.78, 5) is 36.2. The first-order valence-corrected chi connectivity index (χ1v) is 8.56. The summed E-state index contributed by atoms with van der Waals surface area (Å²) in [6.45, 7) is 0.866. The maximum absolute atomic E-state index is 11.2. The standard InChI is InChI=1S/C9H15NO7P2/c1-2-8-5-3-4-6-10(8)7-9(11,18(12,13)14)19(15,16)17/h3-6,11H,2,7H2,1H3,(H3-,12,13,14,15,16,17)/p+1. The molecule has 0 saturated carbocycles. The molecule has 0 atom stereocenters. The van der Waals surface area contributed by atoms with Crippen LogP contribution < -0.4 is 4.57 Å². The van der Waals surface area contributed by atoms with Crippen LogP contribution in [0.15, 0.2) is 24.4 Å².